The number of benzene rings is 4. The van der Waals surface area contributed by atoms with Gasteiger partial charge in [-0.1, -0.05) is 66.7 Å². The minimum absolute atomic E-state index is 0.161. The van der Waals surface area contributed by atoms with Gasteiger partial charge in [0.2, 0.25) is 0 Å². The molecule has 1 aromatic heterocycles. The number of hydrogen-bond acceptors (Lipinski definition) is 3. The first-order chi connectivity index (χ1) is 18.0. The van der Waals surface area contributed by atoms with Crippen molar-refractivity contribution in [2.75, 3.05) is 5.32 Å². The molecule has 0 unspecified atom stereocenters. The van der Waals surface area contributed by atoms with E-state index in [1.165, 1.54) is 12.1 Å². The summed E-state index contributed by atoms with van der Waals surface area (Å²) in [6.07, 6.45) is 3.52. The van der Waals surface area contributed by atoms with E-state index < -0.39 is 5.97 Å². The molecule has 0 aliphatic carbocycles. The zero-order valence-corrected chi connectivity index (χ0v) is 19.6. The number of carboxylic acid groups (broad SMARTS) is 1. The molecular weight excluding hydrogens is 467 g/mol. The van der Waals surface area contributed by atoms with E-state index >= 15 is 0 Å². The highest BCUT2D eigenvalue weighted by Crippen LogP contribution is 2.25. The highest BCUT2D eigenvalue weighted by atomic mass is 19.1. The molecule has 0 atom stereocenters. The molecular formula is C31H21FN2O3. The topological polar surface area (TPSA) is 79.3 Å². The summed E-state index contributed by atoms with van der Waals surface area (Å²) >= 11 is 0. The molecule has 4 aromatic carbocycles. The number of anilines is 1. The van der Waals surface area contributed by atoms with Gasteiger partial charge in [0.1, 0.15) is 11.5 Å². The van der Waals surface area contributed by atoms with Crippen molar-refractivity contribution in [1.29, 1.82) is 0 Å². The van der Waals surface area contributed by atoms with Gasteiger partial charge in [0.05, 0.1) is 11.1 Å². The molecule has 5 aromatic rings. The monoisotopic (exact) mass is 488 g/mol. The fraction of sp³-hybridized carbons (Fsp3) is 0. The van der Waals surface area contributed by atoms with Gasteiger partial charge in [0.25, 0.3) is 5.91 Å². The first-order valence-corrected chi connectivity index (χ1v) is 11.5. The van der Waals surface area contributed by atoms with Crippen LogP contribution >= 0.6 is 0 Å². The van der Waals surface area contributed by atoms with Crippen molar-refractivity contribution in [1.82, 2.24) is 4.98 Å². The van der Waals surface area contributed by atoms with Crippen LogP contribution in [0.3, 0.4) is 0 Å². The van der Waals surface area contributed by atoms with Gasteiger partial charge in [0.15, 0.2) is 0 Å². The van der Waals surface area contributed by atoms with Gasteiger partial charge in [-0.25, -0.2) is 14.2 Å². The predicted molar refractivity (Wildman–Crippen MR) is 144 cm³/mol. The van der Waals surface area contributed by atoms with Crippen LogP contribution in [0.25, 0.3) is 34.2 Å². The molecule has 0 fully saturated rings. The van der Waals surface area contributed by atoms with Gasteiger partial charge in [-0.2, -0.15) is 0 Å². The third-order valence-corrected chi connectivity index (χ3v) is 5.91. The second-order valence-electron chi connectivity index (χ2n) is 8.41. The number of amides is 1. The minimum atomic E-state index is -1.04. The van der Waals surface area contributed by atoms with Crippen molar-refractivity contribution >= 4 is 40.6 Å². The standard InChI is InChI=1S/C31H21FN2O3/c32-25-13-9-21(10-14-25)23-11-17-27(31(36)37)24(19-23)8-5-20-6-15-26(16-7-20)33-30(35)29-18-12-22-3-1-2-4-28(22)34-29/h1-19H,(H,33,35)(H,36,37). The second kappa shape index (κ2) is 10.3. The van der Waals surface area contributed by atoms with Crippen molar-refractivity contribution in [3.05, 3.63) is 131 Å². The Kier molecular flexibility index (Phi) is 6.55. The number of halogens is 1. The Morgan fingerprint density at radius 2 is 1.51 bits per heavy atom. The van der Waals surface area contributed by atoms with E-state index in [2.05, 4.69) is 10.3 Å². The predicted octanol–water partition coefficient (Wildman–Crippen LogP) is 7.16. The van der Waals surface area contributed by atoms with Crippen LogP contribution in [0.4, 0.5) is 10.1 Å². The molecule has 0 aliphatic rings. The molecule has 2 N–H and O–H groups in total. The Hall–Kier alpha value is -5.10. The Morgan fingerprint density at radius 1 is 0.784 bits per heavy atom. The molecule has 5 nitrogen and oxygen atoms in total. The molecule has 0 bridgehead atoms. The zero-order chi connectivity index (χ0) is 25.8. The molecule has 6 heteroatoms. The van der Waals surface area contributed by atoms with Crippen molar-refractivity contribution < 1.29 is 19.1 Å². The van der Waals surface area contributed by atoms with E-state index in [0.29, 0.717) is 16.9 Å². The highest BCUT2D eigenvalue weighted by molar-refractivity contribution is 6.04. The number of carbonyl (C=O) groups excluding carboxylic acids is 1. The number of fused-ring (bicyclic) bond motifs is 1. The molecule has 1 heterocycles. The minimum Gasteiger partial charge on any atom is -0.478 e. The maximum absolute atomic E-state index is 13.3. The summed E-state index contributed by atoms with van der Waals surface area (Å²) in [7, 11) is 0. The Morgan fingerprint density at radius 3 is 2.27 bits per heavy atom. The lowest BCUT2D eigenvalue weighted by molar-refractivity contribution is 0.0696. The van der Waals surface area contributed by atoms with Crippen molar-refractivity contribution in [2.24, 2.45) is 0 Å². The zero-order valence-electron chi connectivity index (χ0n) is 19.6. The van der Waals surface area contributed by atoms with E-state index in [-0.39, 0.29) is 17.3 Å². The molecule has 1 amide bonds. The summed E-state index contributed by atoms with van der Waals surface area (Å²) in [5, 5.41) is 13.4. The number of carbonyl (C=O) groups is 2. The van der Waals surface area contributed by atoms with Crippen LogP contribution in [0.15, 0.2) is 103 Å². The van der Waals surface area contributed by atoms with Crippen LogP contribution in [-0.2, 0) is 0 Å². The molecule has 5 rings (SSSR count). The summed E-state index contributed by atoms with van der Waals surface area (Å²) in [5.41, 5.74) is 4.76. The van der Waals surface area contributed by atoms with E-state index in [4.69, 9.17) is 0 Å². The quantitative estimate of drug-likeness (QED) is 0.249. The number of hydrogen-bond donors (Lipinski definition) is 2. The summed E-state index contributed by atoms with van der Waals surface area (Å²) in [6.45, 7) is 0. The number of nitrogens with one attached hydrogen (secondary N) is 1. The molecule has 0 saturated carbocycles. The number of aromatic carboxylic acids is 1. The summed E-state index contributed by atoms with van der Waals surface area (Å²) in [5.74, 6) is -1.68. The Labute approximate surface area is 212 Å². The number of rotatable bonds is 6. The average Bonchev–Trinajstić information content (AvgIpc) is 2.92. The maximum atomic E-state index is 13.3. The lowest BCUT2D eigenvalue weighted by Crippen LogP contribution is -2.13. The molecule has 0 radical (unpaired) electrons. The van der Waals surface area contributed by atoms with Crippen LogP contribution < -0.4 is 5.32 Å². The summed E-state index contributed by atoms with van der Waals surface area (Å²) in [6, 6.07) is 29.4. The lowest BCUT2D eigenvalue weighted by Gasteiger charge is -2.07. The van der Waals surface area contributed by atoms with Crippen LogP contribution in [0.1, 0.15) is 32.0 Å². The largest absolute Gasteiger partial charge is 0.478 e. The third-order valence-electron chi connectivity index (χ3n) is 5.91. The van der Waals surface area contributed by atoms with E-state index in [1.54, 1.807) is 60.7 Å². The number of pyridine rings is 1. The Balaban J connectivity index is 1.33. The van der Waals surface area contributed by atoms with E-state index in [0.717, 1.165) is 27.6 Å². The van der Waals surface area contributed by atoms with Crippen LogP contribution in [0.2, 0.25) is 0 Å². The van der Waals surface area contributed by atoms with Crippen molar-refractivity contribution in [3.8, 4) is 11.1 Å². The molecule has 0 aliphatic heterocycles. The smallest absolute Gasteiger partial charge is 0.336 e. The highest BCUT2D eigenvalue weighted by Gasteiger charge is 2.11. The van der Waals surface area contributed by atoms with Gasteiger partial charge in [-0.05, 0) is 70.8 Å². The lowest BCUT2D eigenvalue weighted by atomic mass is 9.98. The van der Waals surface area contributed by atoms with Crippen molar-refractivity contribution in [2.45, 2.75) is 0 Å². The number of para-hydroxylation sites is 1. The fourth-order valence-corrected chi connectivity index (χ4v) is 3.97. The van der Waals surface area contributed by atoms with Gasteiger partial charge in [-0.15, -0.1) is 0 Å². The molecule has 180 valence electrons. The fourth-order valence-electron chi connectivity index (χ4n) is 3.97. The van der Waals surface area contributed by atoms with Crippen LogP contribution in [0.5, 0.6) is 0 Å². The average molecular weight is 489 g/mol. The van der Waals surface area contributed by atoms with E-state index in [1.807, 2.05) is 42.5 Å². The normalized spacial score (nSPS) is 11.1. The summed E-state index contributed by atoms with van der Waals surface area (Å²) in [4.78, 5) is 28.8. The molecule has 37 heavy (non-hydrogen) atoms. The van der Waals surface area contributed by atoms with Crippen LogP contribution in [-0.4, -0.2) is 22.0 Å². The van der Waals surface area contributed by atoms with Crippen LogP contribution in [0, 0.1) is 5.82 Å². The molecule has 0 saturated heterocycles. The van der Waals surface area contributed by atoms with Gasteiger partial charge in [0, 0.05) is 11.1 Å². The SMILES string of the molecule is O=C(Nc1ccc(C=Cc2cc(-c3ccc(F)cc3)ccc2C(=O)O)cc1)c1ccc2ccccc2n1. The van der Waals surface area contributed by atoms with Crippen molar-refractivity contribution in [3.63, 3.8) is 0 Å². The van der Waals surface area contributed by atoms with Gasteiger partial charge in [-0.3, -0.25) is 4.79 Å². The second-order valence-corrected chi connectivity index (χ2v) is 8.41. The number of carboxylic acids is 1. The first-order valence-electron chi connectivity index (χ1n) is 11.5. The first kappa shape index (κ1) is 23.6. The summed E-state index contributed by atoms with van der Waals surface area (Å²) < 4.78 is 13.3. The van der Waals surface area contributed by atoms with Gasteiger partial charge >= 0.3 is 5.97 Å². The maximum Gasteiger partial charge on any atom is 0.336 e. The number of aromatic nitrogens is 1. The third kappa shape index (κ3) is 5.44. The van der Waals surface area contributed by atoms with E-state index in [9.17, 15) is 19.1 Å². The van der Waals surface area contributed by atoms with Gasteiger partial charge < -0.3 is 10.4 Å². The Bertz CT molecular complexity index is 1640. The molecule has 0 spiro atoms. The number of nitrogens with zero attached hydrogens (tertiary/aromatic N) is 1.